The standard InChI is InChI=1S/C22H25F2N3O4/c1-21(2,3)31-20(30)26-22(4)6-8-27(12-22)18-16(19(28)29)5-7-25-17(18)13-9-14(23)11-15(24)10-13/h5,7,9-11H,6,8,12H2,1-4H3,(H,26,30)(H,28,29)/t22-/m0/s1. The van der Waals surface area contributed by atoms with Gasteiger partial charge in [-0.1, -0.05) is 0 Å². The van der Waals surface area contributed by atoms with Gasteiger partial charge in [0.1, 0.15) is 17.2 Å². The van der Waals surface area contributed by atoms with E-state index in [1.165, 1.54) is 12.3 Å². The zero-order valence-electron chi connectivity index (χ0n) is 17.8. The van der Waals surface area contributed by atoms with Gasteiger partial charge >= 0.3 is 12.1 Å². The van der Waals surface area contributed by atoms with Crippen LogP contribution in [0.1, 0.15) is 44.5 Å². The largest absolute Gasteiger partial charge is 0.478 e. The molecule has 2 aromatic rings. The molecule has 9 heteroatoms. The lowest BCUT2D eigenvalue weighted by atomic mass is 10.0. The van der Waals surface area contributed by atoms with E-state index in [1.54, 1.807) is 25.7 Å². The molecule has 7 nitrogen and oxygen atoms in total. The number of alkyl carbamates (subject to hydrolysis) is 1. The fourth-order valence-corrected chi connectivity index (χ4v) is 3.65. The van der Waals surface area contributed by atoms with Crippen LogP contribution in [0.15, 0.2) is 30.5 Å². The van der Waals surface area contributed by atoms with Gasteiger partial charge in [-0.3, -0.25) is 4.98 Å². The van der Waals surface area contributed by atoms with E-state index in [1.807, 2.05) is 6.92 Å². The summed E-state index contributed by atoms with van der Waals surface area (Å²) >= 11 is 0. The number of nitrogens with one attached hydrogen (secondary N) is 1. The van der Waals surface area contributed by atoms with Gasteiger partial charge in [-0.15, -0.1) is 0 Å². The Morgan fingerprint density at radius 2 is 1.87 bits per heavy atom. The Morgan fingerprint density at radius 1 is 1.23 bits per heavy atom. The van der Waals surface area contributed by atoms with Crippen LogP contribution in [0.25, 0.3) is 11.3 Å². The minimum atomic E-state index is -1.19. The van der Waals surface area contributed by atoms with Crippen LogP contribution < -0.4 is 10.2 Å². The predicted molar refractivity (Wildman–Crippen MR) is 111 cm³/mol. The van der Waals surface area contributed by atoms with Gasteiger partial charge in [0.05, 0.1) is 22.5 Å². The third-order valence-electron chi connectivity index (χ3n) is 4.88. The molecule has 3 rings (SSSR count). The number of amides is 1. The van der Waals surface area contributed by atoms with Crippen LogP contribution in [-0.4, -0.2) is 46.4 Å². The molecule has 1 fully saturated rings. The van der Waals surface area contributed by atoms with E-state index in [0.717, 1.165) is 18.2 Å². The third-order valence-corrected chi connectivity index (χ3v) is 4.88. The summed E-state index contributed by atoms with van der Waals surface area (Å²) < 4.78 is 33.0. The molecule has 1 saturated heterocycles. The van der Waals surface area contributed by atoms with Crippen LogP contribution in [0, 0.1) is 11.6 Å². The Kier molecular flexibility index (Phi) is 5.89. The van der Waals surface area contributed by atoms with Crippen molar-refractivity contribution >= 4 is 17.7 Å². The van der Waals surface area contributed by atoms with Crippen molar-refractivity contribution < 1.29 is 28.2 Å². The predicted octanol–water partition coefficient (Wildman–Crippen LogP) is 4.22. The summed E-state index contributed by atoms with van der Waals surface area (Å²) in [4.78, 5) is 30.1. The maximum atomic E-state index is 13.8. The number of hydrogen-bond donors (Lipinski definition) is 2. The summed E-state index contributed by atoms with van der Waals surface area (Å²) in [6.45, 7) is 7.78. The quantitative estimate of drug-likeness (QED) is 0.750. The Morgan fingerprint density at radius 3 is 2.45 bits per heavy atom. The molecule has 1 aliphatic rings. The van der Waals surface area contributed by atoms with Crippen molar-refractivity contribution in [3.8, 4) is 11.3 Å². The van der Waals surface area contributed by atoms with Crippen molar-refractivity contribution in [2.75, 3.05) is 18.0 Å². The Labute approximate surface area is 179 Å². The van der Waals surface area contributed by atoms with Gasteiger partial charge in [-0.2, -0.15) is 0 Å². The van der Waals surface area contributed by atoms with E-state index in [4.69, 9.17) is 4.74 Å². The maximum Gasteiger partial charge on any atom is 0.408 e. The van der Waals surface area contributed by atoms with Crippen molar-refractivity contribution in [3.63, 3.8) is 0 Å². The number of carboxylic acids is 1. The molecule has 2 N–H and O–H groups in total. The van der Waals surface area contributed by atoms with Gasteiger partial charge < -0.3 is 20.1 Å². The minimum Gasteiger partial charge on any atom is -0.478 e. The second-order valence-electron chi connectivity index (χ2n) is 8.88. The molecule has 0 unspecified atom stereocenters. The lowest BCUT2D eigenvalue weighted by molar-refractivity contribution is 0.0472. The number of carbonyl (C=O) groups is 2. The number of carbonyl (C=O) groups excluding carboxylic acids is 1. The number of benzene rings is 1. The van der Waals surface area contributed by atoms with E-state index >= 15 is 0 Å². The summed E-state index contributed by atoms with van der Waals surface area (Å²) in [6, 6.07) is 4.29. The summed E-state index contributed by atoms with van der Waals surface area (Å²) in [6.07, 6.45) is 1.23. The number of aromatic carboxylic acids is 1. The van der Waals surface area contributed by atoms with Crippen LogP contribution >= 0.6 is 0 Å². The molecule has 1 aromatic heterocycles. The zero-order valence-corrected chi connectivity index (χ0v) is 17.8. The van der Waals surface area contributed by atoms with Crippen LogP contribution in [0.2, 0.25) is 0 Å². The number of ether oxygens (including phenoxy) is 1. The molecule has 0 spiro atoms. The minimum absolute atomic E-state index is 0.0452. The molecule has 0 saturated carbocycles. The van der Waals surface area contributed by atoms with E-state index in [0.29, 0.717) is 13.0 Å². The summed E-state index contributed by atoms with van der Waals surface area (Å²) in [7, 11) is 0. The van der Waals surface area contributed by atoms with E-state index in [2.05, 4.69) is 10.3 Å². The number of nitrogens with zero attached hydrogens (tertiary/aromatic N) is 2. The second-order valence-corrected chi connectivity index (χ2v) is 8.88. The molecule has 1 aromatic carbocycles. The second kappa shape index (κ2) is 8.13. The van der Waals surface area contributed by atoms with Crippen LogP contribution in [-0.2, 0) is 4.74 Å². The molecule has 1 atom stereocenters. The number of halogens is 2. The number of hydrogen-bond acceptors (Lipinski definition) is 5. The highest BCUT2D eigenvalue weighted by Crippen LogP contribution is 2.37. The number of rotatable bonds is 4. The number of aromatic nitrogens is 1. The Balaban J connectivity index is 1.97. The molecule has 0 aliphatic carbocycles. The fourth-order valence-electron chi connectivity index (χ4n) is 3.65. The number of pyridine rings is 1. The zero-order chi connectivity index (χ0) is 23.0. The van der Waals surface area contributed by atoms with Gasteiger partial charge in [0.15, 0.2) is 0 Å². The summed E-state index contributed by atoms with van der Waals surface area (Å²) in [5.41, 5.74) is -0.874. The van der Waals surface area contributed by atoms with Gasteiger partial charge in [-0.05, 0) is 52.3 Å². The van der Waals surface area contributed by atoms with E-state index in [9.17, 15) is 23.5 Å². The van der Waals surface area contributed by atoms with Crippen molar-refractivity contribution in [2.24, 2.45) is 0 Å². The van der Waals surface area contributed by atoms with Crippen LogP contribution in [0.4, 0.5) is 19.3 Å². The highest BCUT2D eigenvalue weighted by atomic mass is 19.1. The SMILES string of the molecule is CC(C)(C)OC(=O)N[C@@]1(C)CCN(c2c(C(=O)O)ccnc2-c2cc(F)cc(F)c2)C1. The molecule has 0 bridgehead atoms. The first-order chi connectivity index (χ1) is 14.4. The molecule has 31 heavy (non-hydrogen) atoms. The molecule has 1 aliphatic heterocycles. The van der Waals surface area contributed by atoms with Crippen LogP contribution in [0.5, 0.6) is 0 Å². The van der Waals surface area contributed by atoms with Gasteiger partial charge in [0, 0.05) is 30.9 Å². The highest BCUT2D eigenvalue weighted by Gasteiger charge is 2.38. The fraction of sp³-hybridized carbons (Fsp3) is 0.409. The molecule has 2 heterocycles. The van der Waals surface area contributed by atoms with Gasteiger partial charge in [0.2, 0.25) is 0 Å². The maximum absolute atomic E-state index is 13.8. The number of anilines is 1. The first kappa shape index (κ1) is 22.5. The lowest BCUT2D eigenvalue weighted by Crippen LogP contribution is -2.49. The molecule has 1 amide bonds. The summed E-state index contributed by atoms with van der Waals surface area (Å²) in [5, 5.41) is 12.6. The summed E-state index contributed by atoms with van der Waals surface area (Å²) in [5.74, 6) is -2.77. The molecule has 0 radical (unpaired) electrons. The Hall–Kier alpha value is -3.23. The smallest absolute Gasteiger partial charge is 0.408 e. The monoisotopic (exact) mass is 433 g/mol. The van der Waals surface area contributed by atoms with Gasteiger partial charge in [-0.25, -0.2) is 18.4 Å². The topological polar surface area (TPSA) is 91.8 Å². The lowest BCUT2D eigenvalue weighted by Gasteiger charge is -2.29. The average molecular weight is 433 g/mol. The van der Waals surface area contributed by atoms with Gasteiger partial charge in [0.25, 0.3) is 0 Å². The molecular formula is C22H25F2N3O4. The highest BCUT2D eigenvalue weighted by molar-refractivity contribution is 5.98. The first-order valence-corrected chi connectivity index (χ1v) is 9.82. The number of carboxylic acid groups (broad SMARTS) is 1. The van der Waals surface area contributed by atoms with Crippen molar-refractivity contribution in [2.45, 2.75) is 45.3 Å². The average Bonchev–Trinajstić information content (AvgIpc) is 2.99. The van der Waals surface area contributed by atoms with E-state index in [-0.39, 0.29) is 29.1 Å². The normalized spacial score (nSPS) is 18.7. The molecular weight excluding hydrogens is 408 g/mol. The van der Waals surface area contributed by atoms with Crippen LogP contribution in [0.3, 0.4) is 0 Å². The van der Waals surface area contributed by atoms with Crippen molar-refractivity contribution in [1.29, 1.82) is 0 Å². The first-order valence-electron chi connectivity index (χ1n) is 9.82. The van der Waals surface area contributed by atoms with Crippen molar-refractivity contribution in [3.05, 3.63) is 47.7 Å². The Bertz CT molecular complexity index is 1000. The molecule has 166 valence electrons. The third kappa shape index (κ3) is 5.28. The van der Waals surface area contributed by atoms with Crippen molar-refractivity contribution in [1.82, 2.24) is 10.3 Å². The van der Waals surface area contributed by atoms with E-state index < -0.39 is 34.8 Å².